The quantitative estimate of drug-likeness (QED) is 0.790. The first-order valence-corrected chi connectivity index (χ1v) is 5.27. The smallest absolute Gasteiger partial charge is 0.254 e. The maximum absolute atomic E-state index is 12.0. The SMILES string of the molecule is C=C(C)CN(CC)C(=O)c1ccc(O)cc1. The number of carbonyl (C=O) groups excluding carboxylic acids is 1. The highest BCUT2D eigenvalue weighted by atomic mass is 16.3. The Labute approximate surface area is 96.0 Å². The molecule has 0 bridgehead atoms. The molecule has 0 aliphatic rings. The molecular weight excluding hydrogens is 202 g/mol. The van der Waals surface area contributed by atoms with Crippen molar-refractivity contribution < 1.29 is 9.90 Å². The first kappa shape index (κ1) is 12.3. The van der Waals surface area contributed by atoms with E-state index >= 15 is 0 Å². The van der Waals surface area contributed by atoms with Crippen LogP contribution in [0.3, 0.4) is 0 Å². The summed E-state index contributed by atoms with van der Waals surface area (Å²) in [5, 5.41) is 9.14. The molecule has 0 heterocycles. The fourth-order valence-electron chi connectivity index (χ4n) is 1.44. The minimum Gasteiger partial charge on any atom is -0.508 e. The summed E-state index contributed by atoms with van der Waals surface area (Å²) in [7, 11) is 0. The largest absolute Gasteiger partial charge is 0.508 e. The van der Waals surface area contributed by atoms with Crippen molar-refractivity contribution in [1.29, 1.82) is 0 Å². The number of rotatable bonds is 4. The lowest BCUT2D eigenvalue weighted by atomic mass is 10.2. The van der Waals surface area contributed by atoms with Crippen LogP contribution in [0.25, 0.3) is 0 Å². The van der Waals surface area contributed by atoms with Crippen LogP contribution in [0.2, 0.25) is 0 Å². The van der Waals surface area contributed by atoms with Gasteiger partial charge >= 0.3 is 0 Å². The molecule has 16 heavy (non-hydrogen) atoms. The Balaban J connectivity index is 2.82. The van der Waals surface area contributed by atoms with Crippen LogP contribution in [0.4, 0.5) is 0 Å². The molecular formula is C13H17NO2. The lowest BCUT2D eigenvalue weighted by Crippen LogP contribution is -2.32. The fourth-order valence-corrected chi connectivity index (χ4v) is 1.44. The molecule has 0 radical (unpaired) electrons. The van der Waals surface area contributed by atoms with Gasteiger partial charge in [0.05, 0.1) is 0 Å². The lowest BCUT2D eigenvalue weighted by molar-refractivity contribution is 0.0778. The molecule has 0 aromatic heterocycles. The average Bonchev–Trinajstić information content (AvgIpc) is 2.25. The number of hydrogen-bond donors (Lipinski definition) is 1. The van der Waals surface area contributed by atoms with Crippen molar-refractivity contribution in [3.8, 4) is 5.75 Å². The molecule has 0 aliphatic heterocycles. The van der Waals surface area contributed by atoms with Crippen LogP contribution < -0.4 is 0 Å². The summed E-state index contributed by atoms with van der Waals surface area (Å²) < 4.78 is 0. The average molecular weight is 219 g/mol. The summed E-state index contributed by atoms with van der Waals surface area (Å²) in [4.78, 5) is 13.7. The second-order valence-corrected chi connectivity index (χ2v) is 3.82. The number of carbonyl (C=O) groups is 1. The number of hydrogen-bond acceptors (Lipinski definition) is 2. The molecule has 1 rings (SSSR count). The summed E-state index contributed by atoms with van der Waals surface area (Å²) in [6.45, 7) is 8.84. The highest BCUT2D eigenvalue weighted by Crippen LogP contribution is 2.12. The van der Waals surface area contributed by atoms with E-state index in [1.807, 2.05) is 13.8 Å². The fraction of sp³-hybridized carbons (Fsp3) is 0.308. The van der Waals surface area contributed by atoms with Crippen LogP contribution in [0.15, 0.2) is 36.4 Å². The van der Waals surface area contributed by atoms with Crippen molar-refractivity contribution in [2.75, 3.05) is 13.1 Å². The van der Waals surface area contributed by atoms with Crippen LogP contribution in [0.5, 0.6) is 5.75 Å². The van der Waals surface area contributed by atoms with Gasteiger partial charge in [0, 0.05) is 18.7 Å². The van der Waals surface area contributed by atoms with Gasteiger partial charge in [-0.3, -0.25) is 4.79 Å². The van der Waals surface area contributed by atoms with Gasteiger partial charge in [0.25, 0.3) is 5.91 Å². The standard InChI is InChI=1S/C13H17NO2/c1-4-14(9-10(2)3)13(16)11-5-7-12(15)8-6-11/h5-8,15H,2,4,9H2,1,3H3. The Morgan fingerprint density at radius 2 is 1.94 bits per heavy atom. The predicted molar refractivity (Wildman–Crippen MR) is 64.5 cm³/mol. The van der Waals surface area contributed by atoms with E-state index in [9.17, 15) is 4.79 Å². The number of phenols is 1. The van der Waals surface area contributed by atoms with Gasteiger partial charge in [-0.25, -0.2) is 0 Å². The predicted octanol–water partition coefficient (Wildman–Crippen LogP) is 2.43. The maximum atomic E-state index is 12.0. The third kappa shape index (κ3) is 3.12. The van der Waals surface area contributed by atoms with Crippen molar-refractivity contribution >= 4 is 5.91 Å². The molecule has 0 atom stereocenters. The van der Waals surface area contributed by atoms with Crippen LogP contribution in [-0.2, 0) is 0 Å². The summed E-state index contributed by atoms with van der Waals surface area (Å²) in [5.74, 6) is 0.130. The van der Waals surface area contributed by atoms with Crippen molar-refractivity contribution in [2.45, 2.75) is 13.8 Å². The van der Waals surface area contributed by atoms with Gasteiger partial charge in [-0.1, -0.05) is 12.2 Å². The minimum absolute atomic E-state index is 0.0366. The zero-order chi connectivity index (χ0) is 12.1. The van der Waals surface area contributed by atoms with Gasteiger partial charge in [-0.05, 0) is 38.1 Å². The van der Waals surface area contributed by atoms with Gasteiger partial charge in [0.1, 0.15) is 5.75 Å². The number of aromatic hydroxyl groups is 1. The summed E-state index contributed by atoms with van der Waals surface area (Å²) >= 11 is 0. The number of amides is 1. The molecule has 0 aliphatic carbocycles. The van der Waals surface area contributed by atoms with Crippen molar-refractivity contribution in [1.82, 2.24) is 4.90 Å². The second-order valence-electron chi connectivity index (χ2n) is 3.82. The molecule has 1 aromatic carbocycles. The molecule has 0 unspecified atom stereocenters. The van der Waals surface area contributed by atoms with E-state index in [0.29, 0.717) is 18.7 Å². The van der Waals surface area contributed by atoms with Crippen LogP contribution in [0, 0.1) is 0 Å². The van der Waals surface area contributed by atoms with Crippen LogP contribution in [-0.4, -0.2) is 29.0 Å². The first-order chi connectivity index (χ1) is 7.54. The van der Waals surface area contributed by atoms with Gasteiger partial charge < -0.3 is 10.0 Å². The van der Waals surface area contributed by atoms with E-state index < -0.39 is 0 Å². The van der Waals surface area contributed by atoms with E-state index in [-0.39, 0.29) is 11.7 Å². The number of benzene rings is 1. The third-order valence-electron chi connectivity index (χ3n) is 2.24. The molecule has 0 fully saturated rings. The normalized spacial score (nSPS) is 9.88. The summed E-state index contributed by atoms with van der Waals surface area (Å²) in [6.07, 6.45) is 0. The van der Waals surface area contributed by atoms with Crippen LogP contribution >= 0.6 is 0 Å². The number of likely N-dealkylation sites (N-methyl/N-ethyl adjacent to an activating group) is 1. The molecule has 0 saturated heterocycles. The highest BCUT2D eigenvalue weighted by molar-refractivity contribution is 5.94. The van der Waals surface area contributed by atoms with Gasteiger partial charge in [0.2, 0.25) is 0 Å². The zero-order valence-corrected chi connectivity index (χ0v) is 9.73. The zero-order valence-electron chi connectivity index (χ0n) is 9.73. The summed E-state index contributed by atoms with van der Waals surface area (Å²) in [6, 6.07) is 6.28. The van der Waals surface area contributed by atoms with Gasteiger partial charge in [-0.15, -0.1) is 0 Å². The van der Waals surface area contributed by atoms with Crippen molar-refractivity contribution in [3.63, 3.8) is 0 Å². The molecule has 3 heteroatoms. The summed E-state index contributed by atoms with van der Waals surface area (Å²) in [5.41, 5.74) is 1.54. The second kappa shape index (κ2) is 5.35. The van der Waals surface area contributed by atoms with Gasteiger partial charge in [-0.2, -0.15) is 0 Å². The minimum atomic E-state index is -0.0366. The Kier molecular flexibility index (Phi) is 4.11. The molecule has 1 aromatic rings. The topological polar surface area (TPSA) is 40.5 Å². The number of phenolic OH excluding ortho intramolecular Hbond substituents is 1. The Hall–Kier alpha value is -1.77. The lowest BCUT2D eigenvalue weighted by Gasteiger charge is -2.20. The van der Waals surface area contributed by atoms with Crippen molar-refractivity contribution in [2.24, 2.45) is 0 Å². The number of nitrogens with zero attached hydrogens (tertiary/aromatic N) is 1. The Morgan fingerprint density at radius 1 is 1.38 bits per heavy atom. The highest BCUT2D eigenvalue weighted by Gasteiger charge is 2.13. The molecule has 3 nitrogen and oxygen atoms in total. The third-order valence-corrected chi connectivity index (χ3v) is 2.24. The van der Waals surface area contributed by atoms with E-state index in [1.165, 1.54) is 12.1 Å². The van der Waals surface area contributed by atoms with E-state index in [2.05, 4.69) is 6.58 Å². The monoisotopic (exact) mass is 219 g/mol. The van der Waals surface area contributed by atoms with E-state index in [1.54, 1.807) is 17.0 Å². The Bertz CT molecular complexity index is 381. The molecule has 86 valence electrons. The van der Waals surface area contributed by atoms with E-state index in [0.717, 1.165) is 5.57 Å². The molecule has 1 N–H and O–H groups in total. The maximum Gasteiger partial charge on any atom is 0.254 e. The molecule has 0 saturated carbocycles. The van der Waals surface area contributed by atoms with Crippen LogP contribution in [0.1, 0.15) is 24.2 Å². The molecule has 0 spiro atoms. The Morgan fingerprint density at radius 3 is 2.38 bits per heavy atom. The first-order valence-electron chi connectivity index (χ1n) is 5.27. The van der Waals surface area contributed by atoms with Gasteiger partial charge in [0.15, 0.2) is 0 Å². The molecule has 1 amide bonds. The van der Waals surface area contributed by atoms with Crippen molar-refractivity contribution in [3.05, 3.63) is 42.0 Å². The van der Waals surface area contributed by atoms with E-state index in [4.69, 9.17) is 5.11 Å².